The molecule has 7 nitrogen and oxygen atoms in total. The van der Waals surface area contributed by atoms with Crippen LogP contribution in [0.1, 0.15) is 10.4 Å². The van der Waals surface area contributed by atoms with Gasteiger partial charge in [0, 0.05) is 26.2 Å². The van der Waals surface area contributed by atoms with Crippen molar-refractivity contribution in [3.8, 4) is 0 Å². The Hall–Kier alpha value is -1.73. The van der Waals surface area contributed by atoms with E-state index in [-0.39, 0.29) is 16.4 Å². The van der Waals surface area contributed by atoms with Crippen molar-refractivity contribution < 1.29 is 9.72 Å². The first-order valence-corrected chi connectivity index (χ1v) is 5.55. The molecule has 0 atom stereocenters. The fourth-order valence-corrected chi connectivity index (χ4v) is 1.46. The van der Waals surface area contributed by atoms with Gasteiger partial charge >= 0.3 is 0 Å². The maximum atomic E-state index is 12.0. The van der Waals surface area contributed by atoms with Gasteiger partial charge in [0.2, 0.25) is 0 Å². The number of nitrogens with one attached hydrogen (secondary N) is 1. The van der Waals surface area contributed by atoms with E-state index in [1.165, 1.54) is 4.90 Å². The van der Waals surface area contributed by atoms with Crippen LogP contribution in [0.3, 0.4) is 0 Å². The van der Waals surface area contributed by atoms with E-state index in [0.29, 0.717) is 13.1 Å². The molecule has 0 fully saturated rings. The summed E-state index contributed by atoms with van der Waals surface area (Å²) in [7, 11) is 3.36. The van der Waals surface area contributed by atoms with Gasteiger partial charge in [-0.3, -0.25) is 14.9 Å². The molecule has 0 bridgehead atoms. The maximum Gasteiger partial charge on any atom is 0.288 e. The van der Waals surface area contributed by atoms with Gasteiger partial charge in [0.25, 0.3) is 11.6 Å². The van der Waals surface area contributed by atoms with Crippen molar-refractivity contribution in [2.75, 3.05) is 27.2 Å². The normalized spacial score (nSPS) is 10.2. The molecular weight excluding hydrogens is 260 g/mol. The zero-order chi connectivity index (χ0) is 13.7. The summed E-state index contributed by atoms with van der Waals surface area (Å²) in [5, 5.41) is 13.5. The summed E-state index contributed by atoms with van der Waals surface area (Å²) >= 11 is 5.78. The molecule has 18 heavy (non-hydrogen) atoms. The number of halogens is 1. The van der Waals surface area contributed by atoms with Gasteiger partial charge < -0.3 is 10.2 Å². The molecule has 1 rings (SSSR count). The lowest BCUT2D eigenvalue weighted by molar-refractivity contribution is -0.385. The summed E-state index contributed by atoms with van der Waals surface area (Å²) < 4.78 is 0. The van der Waals surface area contributed by atoms with Crippen molar-refractivity contribution in [1.29, 1.82) is 0 Å². The largest absolute Gasteiger partial charge is 0.340 e. The van der Waals surface area contributed by atoms with Crippen molar-refractivity contribution in [3.05, 3.63) is 33.1 Å². The Labute approximate surface area is 109 Å². The lowest BCUT2D eigenvalue weighted by Gasteiger charge is -2.17. The van der Waals surface area contributed by atoms with Crippen molar-refractivity contribution >= 4 is 23.2 Å². The number of aromatic nitrogens is 1. The summed E-state index contributed by atoms with van der Waals surface area (Å²) in [6, 6.07) is 1.13. The van der Waals surface area contributed by atoms with E-state index in [1.54, 1.807) is 14.1 Å². The molecule has 0 saturated heterocycles. The zero-order valence-electron chi connectivity index (χ0n) is 10.0. The Morgan fingerprint density at radius 3 is 2.89 bits per heavy atom. The predicted molar refractivity (Wildman–Crippen MR) is 66.8 cm³/mol. The third-order valence-electron chi connectivity index (χ3n) is 2.31. The molecule has 0 unspecified atom stereocenters. The molecule has 0 aromatic carbocycles. The van der Waals surface area contributed by atoms with Crippen molar-refractivity contribution in [1.82, 2.24) is 15.2 Å². The van der Waals surface area contributed by atoms with E-state index in [2.05, 4.69) is 10.3 Å². The number of amides is 1. The van der Waals surface area contributed by atoms with Crippen LogP contribution in [0, 0.1) is 10.1 Å². The van der Waals surface area contributed by atoms with Gasteiger partial charge in [0.15, 0.2) is 0 Å². The highest BCUT2D eigenvalue weighted by atomic mass is 35.5. The first-order chi connectivity index (χ1) is 8.47. The smallest absolute Gasteiger partial charge is 0.288 e. The zero-order valence-corrected chi connectivity index (χ0v) is 10.8. The first kappa shape index (κ1) is 14.3. The number of hydrogen-bond donors (Lipinski definition) is 1. The van der Waals surface area contributed by atoms with Gasteiger partial charge in [-0.2, -0.15) is 0 Å². The number of likely N-dealkylation sites (N-methyl/N-ethyl adjacent to an activating group) is 2. The molecule has 0 spiro atoms. The van der Waals surface area contributed by atoms with Gasteiger partial charge in [-0.05, 0) is 7.05 Å². The number of carbonyl (C=O) groups is 1. The highest BCUT2D eigenvalue weighted by molar-refractivity contribution is 6.32. The van der Waals surface area contributed by atoms with Gasteiger partial charge in [-0.1, -0.05) is 11.6 Å². The average Bonchev–Trinajstić information content (AvgIpc) is 2.35. The summed E-state index contributed by atoms with van der Waals surface area (Å²) in [5.41, 5.74) is -0.228. The highest BCUT2D eigenvalue weighted by Crippen LogP contribution is 2.20. The molecular formula is C10H13ClN4O3. The molecule has 1 aromatic rings. The van der Waals surface area contributed by atoms with E-state index < -0.39 is 10.8 Å². The molecule has 0 aliphatic carbocycles. The van der Waals surface area contributed by atoms with Crippen LogP contribution < -0.4 is 5.32 Å². The summed E-state index contributed by atoms with van der Waals surface area (Å²) in [6.07, 6.45) is 1.02. The number of nitro groups is 1. The maximum absolute atomic E-state index is 12.0. The molecule has 1 amide bonds. The molecule has 1 aromatic heterocycles. The average molecular weight is 273 g/mol. The van der Waals surface area contributed by atoms with E-state index in [4.69, 9.17) is 11.6 Å². The Balaban J connectivity index is 2.97. The quantitative estimate of drug-likeness (QED) is 0.489. The van der Waals surface area contributed by atoms with E-state index in [0.717, 1.165) is 12.3 Å². The van der Waals surface area contributed by atoms with Crippen LogP contribution in [0.15, 0.2) is 12.3 Å². The SMILES string of the molecule is CNCCN(C)C(=O)c1cc([N+](=O)[O-])cnc1Cl. The second kappa shape index (κ2) is 6.27. The van der Waals surface area contributed by atoms with Gasteiger partial charge in [-0.15, -0.1) is 0 Å². The minimum Gasteiger partial charge on any atom is -0.340 e. The molecule has 0 aliphatic heterocycles. The van der Waals surface area contributed by atoms with Crippen LogP contribution in [-0.4, -0.2) is 47.9 Å². The Morgan fingerprint density at radius 1 is 1.67 bits per heavy atom. The minimum atomic E-state index is -0.617. The number of nitrogens with zero attached hydrogens (tertiary/aromatic N) is 3. The van der Waals surface area contributed by atoms with Crippen LogP contribution in [0.25, 0.3) is 0 Å². The molecule has 98 valence electrons. The molecule has 0 radical (unpaired) electrons. The topological polar surface area (TPSA) is 88.4 Å². The summed E-state index contributed by atoms with van der Waals surface area (Å²) in [5.74, 6) is -0.397. The summed E-state index contributed by atoms with van der Waals surface area (Å²) in [6.45, 7) is 1.08. The fourth-order valence-electron chi connectivity index (χ4n) is 1.27. The standard InChI is InChI=1S/C10H13ClN4O3/c1-12-3-4-14(2)10(16)8-5-7(15(17)18)6-13-9(8)11/h5-6,12H,3-4H2,1-2H3. The van der Waals surface area contributed by atoms with Crippen molar-refractivity contribution in [2.24, 2.45) is 0 Å². The first-order valence-electron chi connectivity index (χ1n) is 5.17. The number of carbonyl (C=O) groups excluding carboxylic acids is 1. The monoisotopic (exact) mass is 272 g/mol. The van der Waals surface area contributed by atoms with Crippen LogP contribution in [-0.2, 0) is 0 Å². The summed E-state index contributed by atoms with van der Waals surface area (Å²) in [4.78, 5) is 27.1. The lowest BCUT2D eigenvalue weighted by Crippen LogP contribution is -2.33. The molecule has 1 heterocycles. The molecule has 0 saturated carbocycles. The van der Waals surface area contributed by atoms with E-state index >= 15 is 0 Å². The number of rotatable bonds is 5. The van der Waals surface area contributed by atoms with Crippen molar-refractivity contribution in [3.63, 3.8) is 0 Å². The Kier molecular flexibility index (Phi) is 4.99. The lowest BCUT2D eigenvalue weighted by atomic mass is 10.2. The van der Waals surface area contributed by atoms with Crippen LogP contribution in [0.4, 0.5) is 5.69 Å². The highest BCUT2D eigenvalue weighted by Gasteiger charge is 2.19. The van der Waals surface area contributed by atoms with Gasteiger partial charge in [-0.25, -0.2) is 4.98 Å². The van der Waals surface area contributed by atoms with Gasteiger partial charge in [0.05, 0.1) is 10.5 Å². The van der Waals surface area contributed by atoms with Crippen LogP contribution in [0.2, 0.25) is 5.15 Å². The molecule has 8 heteroatoms. The van der Waals surface area contributed by atoms with Gasteiger partial charge in [0.1, 0.15) is 11.3 Å². The Morgan fingerprint density at radius 2 is 2.33 bits per heavy atom. The second-order valence-electron chi connectivity index (χ2n) is 3.62. The Bertz CT molecular complexity index is 466. The molecule has 0 aliphatic rings. The predicted octanol–water partition coefficient (Wildman–Crippen LogP) is 0.935. The third-order valence-corrected chi connectivity index (χ3v) is 2.61. The van der Waals surface area contributed by atoms with Crippen LogP contribution >= 0.6 is 11.6 Å². The number of hydrogen-bond acceptors (Lipinski definition) is 5. The van der Waals surface area contributed by atoms with Crippen molar-refractivity contribution in [2.45, 2.75) is 0 Å². The van der Waals surface area contributed by atoms with E-state index in [1.807, 2.05) is 0 Å². The third kappa shape index (κ3) is 3.38. The second-order valence-corrected chi connectivity index (χ2v) is 3.98. The molecule has 1 N–H and O–H groups in total. The minimum absolute atomic E-state index is 0.0319. The van der Waals surface area contributed by atoms with E-state index in [9.17, 15) is 14.9 Å². The van der Waals surface area contributed by atoms with Crippen LogP contribution in [0.5, 0.6) is 0 Å². The fraction of sp³-hybridized carbons (Fsp3) is 0.400. The number of pyridine rings is 1.